The summed E-state index contributed by atoms with van der Waals surface area (Å²) in [5, 5.41) is 7.59. The second-order valence-electron chi connectivity index (χ2n) is 6.74. The smallest absolute Gasteiger partial charge is 0.159 e. The first-order valence-electron chi connectivity index (χ1n) is 8.93. The van der Waals surface area contributed by atoms with E-state index in [9.17, 15) is 0 Å². The number of ether oxygens (including phenoxy) is 1. The molecule has 1 aliphatic rings. The zero-order valence-electron chi connectivity index (χ0n) is 15.4. The summed E-state index contributed by atoms with van der Waals surface area (Å²) in [6.45, 7) is 7.29. The van der Waals surface area contributed by atoms with Crippen LogP contribution in [0.15, 0.2) is 30.5 Å². The Hall–Kier alpha value is -2.51. The van der Waals surface area contributed by atoms with Gasteiger partial charge in [-0.15, -0.1) is 0 Å². The molecule has 7 heteroatoms. The molecule has 0 radical (unpaired) electrons. The molecule has 0 spiro atoms. The number of pyridine rings is 1. The van der Waals surface area contributed by atoms with Gasteiger partial charge in [-0.25, -0.2) is 14.5 Å². The van der Waals surface area contributed by atoms with Crippen molar-refractivity contribution in [3.8, 4) is 0 Å². The van der Waals surface area contributed by atoms with Gasteiger partial charge < -0.3 is 10.1 Å². The van der Waals surface area contributed by atoms with E-state index in [1.165, 1.54) is 0 Å². The third-order valence-corrected chi connectivity index (χ3v) is 4.75. The van der Waals surface area contributed by atoms with Gasteiger partial charge in [-0.05, 0) is 32.0 Å². The fourth-order valence-corrected chi connectivity index (χ4v) is 3.46. The quantitative estimate of drug-likeness (QED) is 0.777. The van der Waals surface area contributed by atoms with Gasteiger partial charge in [0, 0.05) is 43.6 Å². The molecule has 1 saturated heterocycles. The van der Waals surface area contributed by atoms with E-state index >= 15 is 0 Å². The molecule has 0 amide bonds. The number of morpholine rings is 1. The van der Waals surface area contributed by atoms with Gasteiger partial charge in [0.2, 0.25) is 0 Å². The van der Waals surface area contributed by atoms with Crippen molar-refractivity contribution in [2.75, 3.05) is 32.1 Å². The molecule has 7 nitrogen and oxygen atoms in total. The van der Waals surface area contributed by atoms with Crippen molar-refractivity contribution in [1.29, 1.82) is 0 Å². The molecule has 1 aliphatic heterocycles. The molecule has 1 atom stereocenters. The van der Waals surface area contributed by atoms with E-state index in [2.05, 4.69) is 38.3 Å². The van der Waals surface area contributed by atoms with Gasteiger partial charge in [-0.2, -0.15) is 5.10 Å². The first kappa shape index (κ1) is 16.9. The highest BCUT2D eigenvalue weighted by molar-refractivity contribution is 5.47. The van der Waals surface area contributed by atoms with Crippen LogP contribution < -0.4 is 5.32 Å². The number of nitrogens with zero attached hydrogens (tertiary/aromatic N) is 5. The van der Waals surface area contributed by atoms with Crippen LogP contribution in [0.4, 0.5) is 5.82 Å². The summed E-state index contributed by atoms with van der Waals surface area (Å²) in [6, 6.07) is 8.05. The molecule has 4 heterocycles. The molecule has 0 saturated carbocycles. The Labute approximate surface area is 153 Å². The SMILES string of the molecule is CNc1cccc([C@H]2CN(Cc3cnn4c(C)cc(C)nc34)CCO2)n1. The van der Waals surface area contributed by atoms with Gasteiger partial charge in [0.25, 0.3) is 0 Å². The van der Waals surface area contributed by atoms with Crippen LogP contribution in [0.25, 0.3) is 5.65 Å². The van der Waals surface area contributed by atoms with E-state index in [0.29, 0.717) is 6.61 Å². The van der Waals surface area contributed by atoms with E-state index < -0.39 is 0 Å². The standard InChI is InChI=1S/C19H24N6O/c1-13-9-14(2)25-19(22-13)15(10-21-25)11-24-7-8-26-17(12-24)16-5-4-6-18(20-3)23-16/h4-6,9-10,17H,7-8,11-12H2,1-3H3,(H,20,23)/t17-/m1/s1. The molecule has 1 N–H and O–H groups in total. The summed E-state index contributed by atoms with van der Waals surface area (Å²) in [4.78, 5) is 11.7. The first-order valence-corrected chi connectivity index (χ1v) is 8.93. The molecule has 136 valence electrons. The second-order valence-corrected chi connectivity index (χ2v) is 6.74. The minimum Gasteiger partial charge on any atom is -0.373 e. The van der Waals surface area contributed by atoms with Crippen LogP contribution in [-0.4, -0.2) is 51.2 Å². The lowest BCUT2D eigenvalue weighted by Gasteiger charge is -2.32. The zero-order chi connectivity index (χ0) is 18.1. The summed E-state index contributed by atoms with van der Waals surface area (Å²) in [6.07, 6.45) is 1.91. The molecular formula is C19H24N6O. The molecule has 3 aromatic heterocycles. The molecule has 3 aromatic rings. The highest BCUT2D eigenvalue weighted by Gasteiger charge is 2.24. The largest absolute Gasteiger partial charge is 0.373 e. The van der Waals surface area contributed by atoms with E-state index in [4.69, 9.17) is 4.74 Å². The predicted octanol–water partition coefficient (Wildman–Crippen LogP) is 2.36. The summed E-state index contributed by atoms with van der Waals surface area (Å²) in [5.41, 5.74) is 5.18. The number of fused-ring (bicyclic) bond motifs is 1. The fourth-order valence-electron chi connectivity index (χ4n) is 3.46. The Morgan fingerprint density at radius 3 is 3.00 bits per heavy atom. The third-order valence-electron chi connectivity index (χ3n) is 4.75. The highest BCUT2D eigenvalue weighted by Crippen LogP contribution is 2.24. The van der Waals surface area contributed by atoms with Gasteiger partial charge in [-0.3, -0.25) is 4.90 Å². The van der Waals surface area contributed by atoms with E-state index in [1.807, 2.05) is 42.9 Å². The van der Waals surface area contributed by atoms with Crippen LogP contribution in [0, 0.1) is 13.8 Å². The van der Waals surface area contributed by atoms with Crippen LogP contribution in [0.1, 0.15) is 28.7 Å². The average molecular weight is 352 g/mol. The van der Waals surface area contributed by atoms with Crippen molar-refractivity contribution >= 4 is 11.5 Å². The Kier molecular flexibility index (Phi) is 4.57. The van der Waals surface area contributed by atoms with Crippen molar-refractivity contribution in [2.45, 2.75) is 26.5 Å². The van der Waals surface area contributed by atoms with Crippen molar-refractivity contribution < 1.29 is 4.74 Å². The number of hydrogen-bond acceptors (Lipinski definition) is 6. The molecule has 1 fully saturated rings. The average Bonchev–Trinajstić information content (AvgIpc) is 3.05. The summed E-state index contributed by atoms with van der Waals surface area (Å²) >= 11 is 0. The van der Waals surface area contributed by atoms with Crippen LogP contribution >= 0.6 is 0 Å². The number of aryl methyl sites for hydroxylation is 2. The first-order chi connectivity index (χ1) is 12.6. The molecule has 0 unspecified atom stereocenters. The second kappa shape index (κ2) is 7.01. The maximum absolute atomic E-state index is 5.97. The Morgan fingerprint density at radius 2 is 2.15 bits per heavy atom. The molecule has 0 aromatic carbocycles. The number of anilines is 1. The number of rotatable bonds is 4. The highest BCUT2D eigenvalue weighted by atomic mass is 16.5. The minimum absolute atomic E-state index is 0.0182. The summed E-state index contributed by atoms with van der Waals surface area (Å²) in [7, 11) is 1.88. The Bertz CT molecular complexity index is 922. The molecular weight excluding hydrogens is 328 g/mol. The minimum atomic E-state index is -0.0182. The van der Waals surface area contributed by atoms with Crippen molar-refractivity contribution in [1.82, 2.24) is 24.5 Å². The molecule has 0 bridgehead atoms. The number of hydrogen-bond donors (Lipinski definition) is 1. The van der Waals surface area contributed by atoms with Gasteiger partial charge in [0.15, 0.2) is 5.65 Å². The zero-order valence-corrected chi connectivity index (χ0v) is 15.4. The van der Waals surface area contributed by atoms with Gasteiger partial charge in [0.05, 0.1) is 18.5 Å². The third kappa shape index (κ3) is 3.27. The van der Waals surface area contributed by atoms with Crippen molar-refractivity contribution in [2.24, 2.45) is 0 Å². The van der Waals surface area contributed by atoms with Gasteiger partial charge >= 0.3 is 0 Å². The van der Waals surface area contributed by atoms with E-state index in [-0.39, 0.29) is 6.10 Å². The molecule has 4 rings (SSSR count). The maximum Gasteiger partial charge on any atom is 0.159 e. The predicted molar refractivity (Wildman–Crippen MR) is 100 cm³/mol. The maximum atomic E-state index is 5.97. The fraction of sp³-hybridized carbons (Fsp3) is 0.421. The number of nitrogens with one attached hydrogen (secondary N) is 1. The summed E-state index contributed by atoms with van der Waals surface area (Å²) < 4.78 is 7.89. The lowest BCUT2D eigenvalue weighted by Crippen LogP contribution is -2.38. The van der Waals surface area contributed by atoms with Gasteiger partial charge in [-0.1, -0.05) is 6.07 Å². The summed E-state index contributed by atoms with van der Waals surface area (Å²) in [5.74, 6) is 0.862. The van der Waals surface area contributed by atoms with Crippen LogP contribution in [-0.2, 0) is 11.3 Å². The number of aromatic nitrogens is 4. The van der Waals surface area contributed by atoms with Crippen LogP contribution in [0.2, 0.25) is 0 Å². The van der Waals surface area contributed by atoms with E-state index in [1.54, 1.807) is 0 Å². The van der Waals surface area contributed by atoms with E-state index in [0.717, 1.165) is 53.7 Å². The Balaban J connectivity index is 1.54. The van der Waals surface area contributed by atoms with Crippen LogP contribution in [0.3, 0.4) is 0 Å². The van der Waals surface area contributed by atoms with Crippen molar-refractivity contribution in [3.63, 3.8) is 0 Å². The van der Waals surface area contributed by atoms with Crippen LogP contribution in [0.5, 0.6) is 0 Å². The lowest BCUT2D eigenvalue weighted by atomic mass is 10.1. The normalized spacial score (nSPS) is 18.3. The topological polar surface area (TPSA) is 67.6 Å². The van der Waals surface area contributed by atoms with Gasteiger partial charge in [0.1, 0.15) is 11.9 Å². The monoisotopic (exact) mass is 352 g/mol. The molecule has 26 heavy (non-hydrogen) atoms. The molecule has 0 aliphatic carbocycles. The lowest BCUT2D eigenvalue weighted by molar-refractivity contribution is -0.0348. The Morgan fingerprint density at radius 1 is 1.27 bits per heavy atom. The van der Waals surface area contributed by atoms with Crippen molar-refractivity contribution in [3.05, 3.63) is 53.1 Å².